The van der Waals surface area contributed by atoms with Crippen LogP contribution in [0.25, 0.3) is 10.9 Å². The molecule has 1 aromatic heterocycles. The van der Waals surface area contributed by atoms with Crippen LogP contribution in [-0.2, 0) is 6.42 Å². The average molecular weight is 295 g/mol. The Balaban J connectivity index is 2.14. The number of hydrogen-bond acceptors (Lipinski definition) is 2. The number of carbonyl (C=O) groups excluding carboxylic acids is 1. The van der Waals surface area contributed by atoms with Gasteiger partial charge in [-0.05, 0) is 30.4 Å². The number of benzene rings is 2. The van der Waals surface area contributed by atoms with Gasteiger partial charge in [0.15, 0.2) is 5.78 Å². The lowest BCUT2D eigenvalue weighted by Crippen LogP contribution is -2.02. The van der Waals surface area contributed by atoms with Gasteiger partial charge in [-0.3, -0.25) is 4.79 Å². The van der Waals surface area contributed by atoms with Crippen LogP contribution in [0.4, 0.5) is 0 Å². The lowest BCUT2D eigenvalue weighted by atomic mass is 10.0. The molecule has 1 N–H and O–H groups in total. The number of carbonyl (C=O) groups is 1. The maximum Gasteiger partial charge on any atom is 0.196 e. The molecule has 0 atom stereocenters. The average Bonchev–Trinajstić information content (AvgIpc) is 2.98. The number of thioether (sulfide) groups is 1. The molecule has 0 unspecified atom stereocenters. The van der Waals surface area contributed by atoms with E-state index in [9.17, 15) is 4.79 Å². The molecule has 0 radical (unpaired) electrons. The smallest absolute Gasteiger partial charge is 0.196 e. The van der Waals surface area contributed by atoms with Crippen LogP contribution in [0.15, 0.2) is 53.6 Å². The molecule has 1 heterocycles. The molecule has 0 amide bonds. The molecule has 3 aromatic rings. The first kappa shape index (κ1) is 14.0. The number of hydrogen-bond donors (Lipinski definition) is 1. The van der Waals surface area contributed by atoms with Crippen LogP contribution in [-0.4, -0.2) is 17.0 Å². The van der Waals surface area contributed by atoms with Gasteiger partial charge in [-0.25, -0.2) is 0 Å². The molecule has 3 heteroatoms. The number of para-hydroxylation sites is 1. The topological polar surface area (TPSA) is 32.9 Å². The molecular formula is C18H17NOS. The third-order valence-corrected chi connectivity index (χ3v) is 4.57. The first-order chi connectivity index (χ1) is 10.3. The Hall–Kier alpha value is -2.00. The van der Waals surface area contributed by atoms with Crippen LogP contribution >= 0.6 is 11.8 Å². The zero-order chi connectivity index (χ0) is 14.8. The van der Waals surface area contributed by atoms with Crippen molar-refractivity contribution in [3.63, 3.8) is 0 Å². The maximum atomic E-state index is 12.9. The second-order valence-electron chi connectivity index (χ2n) is 4.93. The van der Waals surface area contributed by atoms with Gasteiger partial charge >= 0.3 is 0 Å². The predicted molar refractivity (Wildman–Crippen MR) is 89.3 cm³/mol. The zero-order valence-corrected chi connectivity index (χ0v) is 13.0. The van der Waals surface area contributed by atoms with Gasteiger partial charge in [0.25, 0.3) is 0 Å². The Morgan fingerprint density at radius 3 is 2.67 bits per heavy atom. The summed E-state index contributed by atoms with van der Waals surface area (Å²) in [6.45, 7) is 2.13. The van der Waals surface area contributed by atoms with Crippen molar-refractivity contribution in [1.29, 1.82) is 0 Å². The van der Waals surface area contributed by atoms with E-state index in [1.807, 2.05) is 48.9 Å². The van der Waals surface area contributed by atoms with Crippen molar-refractivity contribution in [2.45, 2.75) is 18.2 Å². The fourth-order valence-electron chi connectivity index (χ4n) is 2.68. The monoisotopic (exact) mass is 295 g/mol. The number of fused-ring (bicyclic) bond motifs is 1. The molecular weight excluding hydrogens is 278 g/mol. The summed E-state index contributed by atoms with van der Waals surface area (Å²) in [4.78, 5) is 17.2. The highest BCUT2D eigenvalue weighted by atomic mass is 32.2. The van der Waals surface area contributed by atoms with E-state index in [4.69, 9.17) is 0 Å². The third kappa shape index (κ3) is 2.38. The zero-order valence-electron chi connectivity index (χ0n) is 12.1. The fourth-order valence-corrected chi connectivity index (χ4v) is 3.27. The molecule has 0 aliphatic rings. The van der Waals surface area contributed by atoms with Crippen LogP contribution in [0.2, 0.25) is 0 Å². The van der Waals surface area contributed by atoms with Gasteiger partial charge in [-0.1, -0.05) is 37.3 Å². The highest BCUT2D eigenvalue weighted by molar-refractivity contribution is 7.98. The van der Waals surface area contributed by atoms with Crippen molar-refractivity contribution in [2.75, 3.05) is 6.26 Å². The third-order valence-electron chi connectivity index (χ3n) is 3.78. The number of aromatic nitrogens is 1. The lowest BCUT2D eigenvalue weighted by molar-refractivity contribution is 0.103. The van der Waals surface area contributed by atoms with E-state index in [-0.39, 0.29) is 5.78 Å². The minimum atomic E-state index is 0.0828. The summed E-state index contributed by atoms with van der Waals surface area (Å²) in [5.74, 6) is 0.0828. The Morgan fingerprint density at radius 2 is 1.90 bits per heavy atom. The number of aryl methyl sites for hydroxylation is 1. The van der Waals surface area contributed by atoms with Crippen molar-refractivity contribution in [1.82, 2.24) is 4.98 Å². The van der Waals surface area contributed by atoms with E-state index in [1.165, 1.54) is 5.56 Å². The highest BCUT2D eigenvalue weighted by Crippen LogP contribution is 2.27. The quantitative estimate of drug-likeness (QED) is 0.560. The Kier molecular flexibility index (Phi) is 3.84. The van der Waals surface area contributed by atoms with Crippen LogP contribution in [0, 0.1) is 0 Å². The van der Waals surface area contributed by atoms with Crippen molar-refractivity contribution in [2.24, 2.45) is 0 Å². The normalized spacial score (nSPS) is 11.0. The number of H-pyrrole nitrogens is 1. The second kappa shape index (κ2) is 5.78. The number of nitrogens with one attached hydrogen (secondary N) is 1. The Bertz CT molecular complexity index is 804. The summed E-state index contributed by atoms with van der Waals surface area (Å²) < 4.78 is 0. The van der Waals surface area contributed by atoms with Gasteiger partial charge in [0.1, 0.15) is 0 Å². The van der Waals surface area contributed by atoms with Crippen molar-refractivity contribution < 1.29 is 4.79 Å². The summed E-state index contributed by atoms with van der Waals surface area (Å²) >= 11 is 1.60. The minimum absolute atomic E-state index is 0.0828. The SMILES string of the molecule is CCc1cccc2c(C(=O)c3ccccc3SC)c[nH]c12. The first-order valence-electron chi connectivity index (χ1n) is 7.03. The summed E-state index contributed by atoms with van der Waals surface area (Å²) in [6, 6.07) is 13.9. The molecule has 0 bridgehead atoms. The Morgan fingerprint density at radius 1 is 1.10 bits per heavy atom. The minimum Gasteiger partial charge on any atom is -0.360 e. The van der Waals surface area contributed by atoms with Gasteiger partial charge < -0.3 is 4.98 Å². The largest absolute Gasteiger partial charge is 0.360 e. The van der Waals surface area contributed by atoms with Crippen LogP contribution in [0.3, 0.4) is 0 Å². The van der Waals surface area contributed by atoms with Gasteiger partial charge in [0.2, 0.25) is 0 Å². The van der Waals surface area contributed by atoms with Crippen LogP contribution in [0.1, 0.15) is 28.4 Å². The first-order valence-corrected chi connectivity index (χ1v) is 8.25. The van der Waals surface area contributed by atoms with Crippen molar-refractivity contribution in [3.05, 3.63) is 65.4 Å². The molecule has 0 saturated heterocycles. The number of ketones is 1. The standard InChI is InChI=1S/C18H17NOS/c1-3-12-7-6-9-13-15(11-19-17(12)13)18(20)14-8-4-5-10-16(14)21-2/h4-11,19H,3H2,1-2H3. The van der Waals surface area contributed by atoms with Gasteiger partial charge in [0.05, 0.1) is 0 Å². The molecule has 2 nitrogen and oxygen atoms in total. The summed E-state index contributed by atoms with van der Waals surface area (Å²) in [6.07, 6.45) is 4.78. The lowest BCUT2D eigenvalue weighted by Gasteiger charge is -2.05. The van der Waals surface area contributed by atoms with E-state index >= 15 is 0 Å². The molecule has 0 spiro atoms. The highest BCUT2D eigenvalue weighted by Gasteiger charge is 2.17. The molecule has 2 aromatic carbocycles. The number of rotatable bonds is 4. The number of aromatic amines is 1. The second-order valence-corrected chi connectivity index (χ2v) is 5.77. The molecule has 0 fully saturated rings. The van der Waals surface area contributed by atoms with Gasteiger partial charge in [-0.2, -0.15) is 0 Å². The Labute approximate surface area is 128 Å². The molecule has 3 rings (SSSR count). The molecule has 0 saturated carbocycles. The van der Waals surface area contributed by atoms with Crippen molar-refractivity contribution in [3.8, 4) is 0 Å². The van der Waals surface area contributed by atoms with Gasteiger partial charge in [-0.15, -0.1) is 11.8 Å². The predicted octanol–water partition coefficient (Wildman–Crippen LogP) is 4.68. The molecule has 0 aliphatic heterocycles. The maximum absolute atomic E-state index is 12.9. The van der Waals surface area contributed by atoms with Gasteiger partial charge in [0, 0.05) is 33.1 Å². The summed E-state index contributed by atoms with van der Waals surface area (Å²) in [5, 5.41) is 1.01. The summed E-state index contributed by atoms with van der Waals surface area (Å²) in [7, 11) is 0. The van der Waals surface area contributed by atoms with Crippen molar-refractivity contribution >= 4 is 28.4 Å². The fraction of sp³-hybridized carbons (Fsp3) is 0.167. The van der Waals surface area contributed by atoms with E-state index in [0.29, 0.717) is 0 Å². The molecule has 21 heavy (non-hydrogen) atoms. The van der Waals surface area contributed by atoms with Crippen LogP contribution < -0.4 is 0 Å². The molecule has 0 aliphatic carbocycles. The van der Waals surface area contributed by atoms with Crippen LogP contribution in [0.5, 0.6) is 0 Å². The van der Waals surface area contributed by atoms with E-state index in [1.54, 1.807) is 11.8 Å². The van der Waals surface area contributed by atoms with E-state index in [2.05, 4.69) is 18.0 Å². The summed E-state index contributed by atoms with van der Waals surface area (Å²) in [5.41, 5.74) is 3.84. The van der Waals surface area contributed by atoms with E-state index in [0.717, 1.165) is 33.3 Å². The van der Waals surface area contributed by atoms with E-state index < -0.39 is 0 Å². The molecule has 106 valence electrons.